The minimum Gasteiger partial charge on any atom is -0.380 e. The molecule has 0 radical (unpaired) electrons. The van der Waals surface area contributed by atoms with Crippen LogP contribution >= 0.6 is 0 Å². The lowest BCUT2D eigenvalue weighted by molar-refractivity contribution is 0.0112. The smallest absolute Gasteiger partial charge is 0.0718 e. The zero-order valence-electron chi connectivity index (χ0n) is 8.76. The minimum absolute atomic E-state index is 0.189. The lowest BCUT2D eigenvalue weighted by Gasteiger charge is -2.23. The van der Waals surface area contributed by atoms with E-state index in [4.69, 9.17) is 9.47 Å². The van der Waals surface area contributed by atoms with Crippen molar-refractivity contribution in [2.45, 2.75) is 39.0 Å². The molecule has 0 aromatic rings. The van der Waals surface area contributed by atoms with Crippen LogP contribution in [-0.2, 0) is 9.47 Å². The molecule has 0 aliphatic heterocycles. The molecule has 3 heteroatoms. The van der Waals surface area contributed by atoms with E-state index in [2.05, 4.69) is 5.32 Å². The van der Waals surface area contributed by atoms with Gasteiger partial charge in [0.05, 0.1) is 24.9 Å². The molecule has 3 nitrogen and oxygen atoms in total. The SMILES string of the molecule is CNC(COC(C)C)C(C)OC. The molecule has 0 amide bonds. The van der Waals surface area contributed by atoms with E-state index in [0.29, 0.717) is 6.61 Å². The van der Waals surface area contributed by atoms with Gasteiger partial charge in [0.2, 0.25) is 0 Å². The Balaban J connectivity index is 3.67. The Labute approximate surface area is 75.4 Å². The second-order valence-electron chi connectivity index (χ2n) is 3.22. The summed E-state index contributed by atoms with van der Waals surface area (Å²) in [4.78, 5) is 0. The Morgan fingerprint density at radius 2 is 1.83 bits per heavy atom. The molecule has 0 aromatic heterocycles. The molecule has 2 atom stereocenters. The molecule has 0 fully saturated rings. The van der Waals surface area contributed by atoms with E-state index < -0.39 is 0 Å². The summed E-state index contributed by atoms with van der Waals surface area (Å²) in [6.07, 6.45) is 0.471. The highest BCUT2D eigenvalue weighted by molar-refractivity contribution is 4.71. The van der Waals surface area contributed by atoms with E-state index in [1.54, 1.807) is 7.11 Å². The van der Waals surface area contributed by atoms with E-state index in [0.717, 1.165) is 0 Å². The molecule has 0 aliphatic rings. The normalized spacial score (nSPS) is 16.5. The highest BCUT2D eigenvalue weighted by Crippen LogP contribution is 1.99. The number of nitrogens with one attached hydrogen (secondary N) is 1. The van der Waals surface area contributed by atoms with E-state index in [1.165, 1.54) is 0 Å². The van der Waals surface area contributed by atoms with E-state index in [9.17, 15) is 0 Å². The quantitative estimate of drug-likeness (QED) is 0.654. The van der Waals surface area contributed by atoms with E-state index in [-0.39, 0.29) is 18.2 Å². The maximum Gasteiger partial charge on any atom is 0.0718 e. The average molecular weight is 175 g/mol. The van der Waals surface area contributed by atoms with Crippen LogP contribution in [-0.4, -0.2) is 39.0 Å². The molecule has 0 bridgehead atoms. The molecular weight excluding hydrogens is 154 g/mol. The molecule has 0 aromatic carbocycles. The Bertz CT molecular complexity index is 107. The Hall–Kier alpha value is -0.120. The molecule has 0 saturated heterocycles. The van der Waals surface area contributed by atoms with Gasteiger partial charge in [-0.15, -0.1) is 0 Å². The van der Waals surface area contributed by atoms with Crippen LogP contribution in [0.15, 0.2) is 0 Å². The van der Waals surface area contributed by atoms with Crippen LogP contribution in [0.25, 0.3) is 0 Å². The maximum absolute atomic E-state index is 5.48. The first kappa shape index (κ1) is 11.9. The number of hydrogen-bond acceptors (Lipinski definition) is 3. The Kier molecular flexibility index (Phi) is 6.34. The topological polar surface area (TPSA) is 30.5 Å². The van der Waals surface area contributed by atoms with Crippen LogP contribution in [0, 0.1) is 0 Å². The molecule has 0 rings (SSSR count). The van der Waals surface area contributed by atoms with Crippen molar-refractivity contribution in [3.05, 3.63) is 0 Å². The fourth-order valence-corrected chi connectivity index (χ4v) is 0.914. The first-order chi connectivity index (χ1) is 5.61. The molecule has 12 heavy (non-hydrogen) atoms. The van der Waals surface area contributed by atoms with Gasteiger partial charge in [0, 0.05) is 7.11 Å². The van der Waals surface area contributed by atoms with Gasteiger partial charge in [0.1, 0.15) is 0 Å². The predicted molar refractivity (Wildman–Crippen MR) is 50.4 cm³/mol. The molecule has 0 heterocycles. The van der Waals surface area contributed by atoms with Crippen LogP contribution in [0.3, 0.4) is 0 Å². The lowest BCUT2D eigenvalue weighted by Crippen LogP contribution is -2.41. The minimum atomic E-state index is 0.189. The van der Waals surface area contributed by atoms with Gasteiger partial charge in [-0.25, -0.2) is 0 Å². The number of methoxy groups -OCH3 is 1. The molecule has 74 valence electrons. The van der Waals surface area contributed by atoms with Crippen LogP contribution in [0.5, 0.6) is 0 Å². The zero-order chi connectivity index (χ0) is 9.56. The summed E-state index contributed by atoms with van der Waals surface area (Å²) in [7, 11) is 3.63. The molecule has 0 aliphatic carbocycles. The van der Waals surface area contributed by atoms with Gasteiger partial charge >= 0.3 is 0 Å². The molecule has 1 N–H and O–H groups in total. The van der Waals surface area contributed by atoms with E-state index in [1.807, 2.05) is 27.8 Å². The molecule has 0 spiro atoms. The fraction of sp³-hybridized carbons (Fsp3) is 1.00. The van der Waals surface area contributed by atoms with Gasteiger partial charge in [-0.05, 0) is 27.8 Å². The summed E-state index contributed by atoms with van der Waals surface area (Å²) in [5.41, 5.74) is 0. The van der Waals surface area contributed by atoms with Crippen molar-refractivity contribution < 1.29 is 9.47 Å². The van der Waals surface area contributed by atoms with Crippen molar-refractivity contribution in [2.24, 2.45) is 0 Å². The summed E-state index contributed by atoms with van der Waals surface area (Å²) >= 11 is 0. The summed E-state index contributed by atoms with van der Waals surface area (Å²) in [6, 6.07) is 0.275. The standard InChI is InChI=1S/C9H21NO2/c1-7(2)12-6-9(10-4)8(3)11-5/h7-10H,6H2,1-5H3. The summed E-state index contributed by atoms with van der Waals surface area (Å²) in [5.74, 6) is 0. The maximum atomic E-state index is 5.48. The van der Waals surface area contributed by atoms with Crippen molar-refractivity contribution in [3.63, 3.8) is 0 Å². The first-order valence-electron chi connectivity index (χ1n) is 4.43. The van der Waals surface area contributed by atoms with Crippen LogP contribution in [0.1, 0.15) is 20.8 Å². The third-order valence-electron chi connectivity index (χ3n) is 1.92. The third kappa shape index (κ3) is 4.70. The predicted octanol–water partition coefficient (Wildman–Crippen LogP) is 1.03. The second kappa shape index (κ2) is 6.40. The van der Waals surface area contributed by atoms with Crippen LogP contribution in [0.2, 0.25) is 0 Å². The fourth-order valence-electron chi connectivity index (χ4n) is 0.914. The summed E-state index contributed by atoms with van der Waals surface area (Å²) in [6.45, 7) is 6.79. The number of likely N-dealkylation sites (N-methyl/N-ethyl adjacent to an activating group) is 1. The van der Waals surface area contributed by atoms with Crippen molar-refractivity contribution in [3.8, 4) is 0 Å². The van der Waals surface area contributed by atoms with Gasteiger partial charge in [0.25, 0.3) is 0 Å². The van der Waals surface area contributed by atoms with Gasteiger partial charge in [0.15, 0.2) is 0 Å². The summed E-state index contributed by atoms with van der Waals surface area (Å²) < 4.78 is 10.7. The van der Waals surface area contributed by atoms with Crippen molar-refractivity contribution in [1.29, 1.82) is 0 Å². The van der Waals surface area contributed by atoms with Gasteiger partial charge in [-0.3, -0.25) is 0 Å². The van der Waals surface area contributed by atoms with Gasteiger partial charge in [-0.1, -0.05) is 0 Å². The summed E-state index contributed by atoms with van der Waals surface area (Å²) in [5, 5.41) is 3.16. The van der Waals surface area contributed by atoms with E-state index >= 15 is 0 Å². The Morgan fingerprint density at radius 1 is 1.25 bits per heavy atom. The average Bonchev–Trinajstić information content (AvgIpc) is 2.04. The highest BCUT2D eigenvalue weighted by Gasteiger charge is 2.14. The highest BCUT2D eigenvalue weighted by atomic mass is 16.5. The second-order valence-corrected chi connectivity index (χ2v) is 3.22. The molecular formula is C9H21NO2. The van der Waals surface area contributed by atoms with Gasteiger partial charge < -0.3 is 14.8 Å². The third-order valence-corrected chi connectivity index (χ3v) is 1.92. The molecule has 0 saturated carbocycles. The van der Waals surface area contributed by atoms with Crippen LogP contribution < -0.4 is 5.32 Å². The zero-order valence-corrected chi connectivity index (χ0v) is 8.76. The number of rotatable bonds is 6. The van der Waals surface area contributed by atoms with Crippen molar-refractivity contribution in [2.75, 3.05) is 20.8 Å². The Morgan fingerprint density at radius 3 is 2.17 bits per heavy atom. The van der Waals surface area contributed by atoms with Crippen molar-refractivity contribution in [1.82, 2.24) is 5.32 Å². The van der Waals surface area contributed by atoms with Crippen molar-refractivity contribution >= 4 is 0 Å². The largest absolute Gasteiger partial charge is 0.380 e. The van der Waals surface area contributed by atoms with Gasteiger partial charge in [-0.2, -0.15) is 0 Å². The number of hydrogen-bond donors (Lipinski definition) is 1. The first-order valence-corrected chi connectivity index (χ1v) is 4.43. The van der Waals surface area contributed by atoms with Crippen LogP contribution in [0.4, 0.5) is 0 Å². The number of ether oxygens (including phenoxy) is 2. The lowest BCUT2D eigenvalue weighted by atomic mass is 10.2. The monoisotopic (exact) mass is 175 g/mol. The molecule has 2 unspecified atom stereocenters.